The summed E-state index contributed by atoms with van der Waals surface area (Å²) in [6.45, 7) is 3.63. The minimum atomic E-state index is 0.135. The smallest absolute Gasteiger partial charge is 0.190 e. The van der Waals surface area contributed by atoms with Crippen LogP contribution in [0.3, 0.4) is 0 Å². The molecule has 0 N–H and O–H groups in total. The summed E-state index contributed by atoms with van der Waals surface area (Å²) in [6, 6.07) is 2.20. The van der Waals surface area contributed by atoms with Crippen LogP contribution in [0.4, 0.5) is 0 Å². The molecule has 0 aromatic carbocycles. The molecule has 0 radical (unpaired) electrons. The Morgan fingerprint density at radius 2 is 2.25 bits per heavy atom. The molecule has 0 unspecified atom stereocenters. The summed E-state index contributed by atoms with van der Waals surface area (Å²) in [5.74, 6) is 0.458. The number of hydrogen-bond acceptors (Lipinski definition) is 5. The van der Waals surface area contributed by atoms with Gasteiger partial charge >= 0.3 is 0 Å². The van der Waals surface area contributed by atoms with Crippen molar-refractivity contribution in [3.8, 4) is 6.07 Å². The van der Waals surface area contributed by atoms with Crippen LogP contribution in [0.5, 0.6) is 0 Å². The van der Waals surface area contributed by atoms with Gasteiger partial charge in [-0.2, -0.15) is 10.4 Å². The van der Waals surface area contributed by atoms with Gasteiger partial charge in [-0.1, -0.05) is 11.6 Å². The van der Waals surface area contributed by atoms with Gasteiger partial charge in [0, 0.05) is 13.2 Å². The number of ether oxygens (including phenoxy) is 1. The molecule has 3 heterocycles. The number of nitrogens with zero attached hydrogens (tertiary/aromatic N) is 5. The van der Waals surface area contributed by atoms with Crippen molar-refractivity contribution in [2.75, 3.05) is 13.2 Å². The molecule has 0 amide bonds. The zero-order valence-electron chi connectivity index (χ0n) is 11.1. The maximum Gasteiger partial charge on any atom is 0.190 e. The summed E-state index contributed by atoms with van der Waals surface area (Å²) in [6.07, 6.45) is 3.41. The van der Waals surface area contributed by atoms with Crippen molar-refractivity contribution >= 4 is 22.8 Å². The molecule has 2 aromatic rings. The number of halogens is 1. The molecule has 104 valence electrons. The molecular weight excluding hydrogens is 278 g/mol. The third kappa shape index (κ3) is 2.23. The highest BCUT2D eigenvalue weighted by Gasteiger charge is 2.26. The quantitative estimate of drug-likeness (QED) is 0.849. The Hall–Kier alpha value is -1.71. The van der Waals surface area contributed by atoms with Crippen molar-refractivity contribution in [3.63, 3.8) is 0 Å². The van der Waals surface area contributed by atoms with Gasteiger partial charge in [0.15, 0.2) is 11.3 Å². The average Bonchev–Trinajstić information content (AvgIpc) is 2.85. The highest BCUT2D eigenvalue weighted by atomic mass is 35.5. The van der Waals surface area contributed by atoms with Crippen molar-refractivity contribution in [2.24, 2.45) is 5.92 Å². The standard InChI is InChI=1S/C13H14ClN5O/c1-8(9-2-4-20-5-3-9)19-13-12(10(6-15)18-19)16-7-11(14)17-13/h7-9H,2-5H2,1H3/t8-/m0/s1. The summed E-state index contributed by atoms with van der Waals surface area (Å²) in [4.78, 5) is 8.46. The van der Waals surface area contributed by atoms with E-state index in [0.29, 0.717) is 27.9 Å². The first-order valence-electron chi connectivity index (χ1n) is 6.59. The summed E-state index contributed by atoms with van der Waals surface area (Å²) < 4.78 is 7.17. The van der Waals surface area contributed by atoms with E-state index in [4.69, 9.17) is 21.6 Å². The number of hydrogen-bond donors (Lipinski definition) is 0. The van der Waals surface area contributed by atoms with Crippen LogP contribution in [0, 0.1) is 17.2 Å². The first-order valence-corrected chi connectivity index (χ1v) is 6.97. The van der Waals surface area contributed by atoms with Crippen LogP contribution in [-0.4, -0.2) is 33.0 Å². The highest BCUT2D eigenvalue weighted by molar-refractivity contribution is 6.29. The van der Waals surface area contributed by atoms with E-state index in [1.165, 1.54) is 6.20 Å². The second kappa shape index (κ2) is 5.35. The predicted molar refractivity (Wildman–Crippen MR) is 73.3 cm³/mol. The Balaban J connectivity index is 2.06. The van der Waals surface area contributed by atoms with Gasteiger partial charge in [-0.25, -0.2) is 14.6 Å². The van der Waals surface area contributed by atoms with Crippen LogP contribution in [0.25, 0.3) is 11.2 Å². The number of fused-ring (bicyclic) bond motifs is 1. The normalized spacial score (nSPS) is 18.1. The monoisotopic (exact) mass is 291 g/mol. The first kappa shape index (κ1) is 13.3. The number of rotatable bonds is 2. The van der Waals surface area contributed by atoms with Gasteiger partial charge in [0.1, 0.15) is 16.7 Å². The lowest BCUT2D eigenvalue weighted by Gasteiger charge is -2.27. The SMILES string of the molecule is C[C@@H](C1CCOCC1)n1nc(C#N)c2ncc(Cl)nc21. The Morgan fingerprint density at radius 3 is 2.95 bits per heavy atom. The minimum Gasteiger partial charge on any atom is -0.381 e. The van der Waals surface area contributed by atoms with Crippen LogP contribution in [0.15, 0.2) is 6.20 Å². The summed E-state index contributed by atoms with van der Waals surface area (Å²) >= 11 is 5.92. The van der Waals surface area contributed by atoms with E-state index in [0.717, 1.165) is 26.1 Å². The topological polar surface area (TPSA) is 76.6 Å². The minimum absolute atomic E-state index is 0.135. The van der Waals surface area contributed by atoms with Gasteiger partial charge in [0.2, 0.25) is 0 Å². The fourth-order valence-electron chi connectivity index (χ4n) is 2.64. The molecule has 1 aliphatic heterocycles. The largest absolute Gasteiger partial charge is 0.381 e. The zero-order valence-corrected chi connectivity index (χ0v) is 11.8. The van der Waals surface area contributed by atoms with Crippen LogP contribution in [0.1, 0.15) is 31.5 Å². The van der Waals surface area contributed by atoms with Gasteiger partial charge in [0.25, 0.3) is 0 Å². The fourth-order valence-corrected chi connectivity index (χ4v) is 2.77. The summed E-state index contributed by atoms with van der Waals surface area (Å²) in [5.41, 5.74) is 1.38. The molecule has 1 saturated heterocycles. The van der Waals surface area contributed by atoms with Crippen LogP contribution in [0.2, 0.25) is 5.15 Å². The predicted octanol–water partition coefficient (Wildman–Crippen LogP) is 2.34. The fraction of sp³-hybridized carbons (Fsp3) is 0.538. The van der Waals surface area contributed by atoms with E-state index in [1.54, 1.807) is 4.68 Å². The highest BCUT2D eigenvalue weighted by Crippen LogP contribution is 2.30. The molecule has 0 aliphatic carbocycles. The van der Waals surface area contributed by atoms with Crippen LogP contribution < -0.4 is 0 Å². The van der Waals surface area contributed by atoms with E-state index in [1.807, 2.05) is 0 Å². The van der Waals surface area contributed by atoms with Crippen LogP contribution >= 0.6 is 11.6 Å². The van der Waals surface area contributed by atoms with E-state index in [9.17, 15) is 0 Å². The third-order valence-corrected chi connectivity index (χ3v) is 4.00. The Bertz CT molecular complexity index is 671. The molecular formula is C13H14ClN5O. The van der Waals surface area contributed by atoms with Crippen molar-refractivity contribution < 1.29 is 4.74 Å². The van der Waals surface area contributed by atoms with Gasteiger partial charge in [-0.05, 0) is 25.7 Å². The van der Waals surface area contributed by atoms with Crippen molar-refractivity contribution in [3.05, 3.63) is 17.0 Å². The Morgan fingerprint density at radius 1 is 1.50 bits per heavy atom. The summed E-state index contributed by atoms with van der Waals surface area (Å²) in [5, 5.41) is 13.8. The molecule has 1 fully saturated rings. The van der Waals surface area contributed by atoms with E-state index < -0.39 is 0 Å². The maximum atomic E-state index is 9.16. The van der Waals surface area contributed by atoms with Crippen molar-refractivity contribution in [2.45, 2.75) is 25.8 Å². The lowest BCUT2D eigenvalue weighted by molar-refractivity contribution is 0.0501. The molecule has 0 spiro atoms. The second-order valence-electron chi connectivity index (χ2n) is 4.96. The molecule has 20 heavy (non-hydrogen) atoms. The van der Waals surface area contributed by atoms with Gasteiger partial charge < -0.3 is 4.74 Å². The van der Waals surface area contributed by atoms with Crippen molar-refractivity contribution in [1.82, 2.24) is 19.7 Å². The first-order chi connectivity index (χ1) is 9.70. The third-order valence-electron chi connectivity index (χ3n) is 3.81. The zero-order chi connectivity index (χ0) is 14.1. The number of nitriles is 1. The molecule has 7 heteroatoms. The van der Waals surface area contributed by atoms with E-state index in [2.05, 4.69) is 28.1 Å². The molecule has 3 rings (SSSR count). The molecule has 0 saturated carbocycles. The van der Waals surface area contributed by atoms with Gasteiger partial charge in [-0.3, -0.25) is 0 Å². The maximum absolute atomic E-state index is 9.16. The Kier molecular flexibility index (Phi) is 3.55. The van der Waals surface area contributed by atoms with Crippen molar-refractivity contribution in [1.29, 1.82) is 5.26 Å². The second-order valence-corrected chi connectivity index (χ2v) is 5.35. The molecule has 6 nitrogen and oxygen atoms in total. The van der Waals surface area contributed by atoms with Gasteiger partial charge in [-0.15, -0.1) is 0 Å². The molecule has 0 bridgehead atoms. The van der Waals surface area contributed by atoms with Crippen LogP contribution in [-0.2, 0) is 4.74 Å². The molecule has 2 aromatic heterocycles. The molecule has 1 atom stereocenters. The Labute approximate surface area is 121 Å². The average molecular weight is 292 g/mol. The van der Waals surface area contributed by atoms with E-state index in [-0.39, 0.29) is 6.04 Å². The lowest BCUT2D eigenvalue weighted by Crippen LogP contribution is -2.25. The summed E-state index contributed by atoms with van der Waals surface area (Å²) in [7, 11) is 0. The number of aromatic nitrogens is 4. The molecule has 1 aliphatic rings. The lowest BCUT2D eigenvalue weighted by atomic mass is 9.93. The van der Waals surface area contributed by atoms with Gasteiger partial charge in [0.05, 0.1) is 12.2 Å². The van der Waals surface area contributed by atoms with E-state index >= 15 is 0 Å².